The fourth-order valence-corrected chi connectivity index (χ4v) is 4.18. The van der Waals surface area contributed by atoms with E-state index >= 15 is 0 Å². The molecule has 90 valence electrons. The highest BCUT2D eigenvalue weighted by atomic mass is 35.5. The zero-order valence-corrected chi connectivity index (χ0v) is 10.5. The van der Waals surface area contributed by atoms with E-state index in [1.807, 2.05) is 18.3 Å². The molecule has 4 nitrogen and oxygen atoms in total. The van der Waals surface area contributed by atoms with Crippen LogP contribution in [-0.4, -0.2) is 35.9 Å². The van der Waals surface area contributed by atoms with Crippen molar-refractivity contribution in [1.29, 1.82) is 0 Å². The fourth-order valence-electron chi connectivity index (χ4n) is 2.15. The number of H-pyrrole nitrogens is 1. The Bertz CT molecular complexity index is 430. The summed E-state index contributed by atoms with van der Waals surface area (Å²) in [5, 5.41) is 0. The van der Waals surface area contributed by atoms with E-state index < -0.39 is 10.0 Å². The summed E-state index contributed by atoms with van der Waals surface area (Å²) in [6, 6.07) is 3.78. The van der Waals surface area contributed by atoms with E-state index in [1.165, 1.54) is 0 Å². The first-order valence-corrected chi connectivity index (χ1v) is 7.48. The zero-order chi connectivity index (χ0) is 11.6. The lowest BCUT2D eigenvalue weighted by Gasteiger charge is -2.22. The van der Waals surface area contributed by atoms with Crippen LogP contribution in [0, 0.1) is 0 Å². The average Bonchev–Trinajstić information content (AvgIpc) is 2.88. The molecule has 0 aliphatic carbocycles. The van der Waals surface area contributed by atoms with E-state index in [4.69, 9.17) is 11.6 Å². The van der Waals surface area contributed by atoms with Gasteiger partial charge < -0.3 is 4.98 Å². The molecular weight excluding hydrogens is 248 g/mol. The molecule has 1 aliphatic heterocycles. The SMILES string of the molecule is O=S(=O)(CCCl)N1CCCC1c1ccc[nH]1. The third-order valence-corrected chi connectivity index (χ3v) is 5.16. The van der Waals surface area contributed by atoms with Gasteiger partial charge in [0.2, 0.25) is 10.0 Å². The summed E-state index contributed by atoms with van der Waals surface area (Å²) in [6.07, 6.45) is 3.60. The fraction of sp³-hybridized carbons (Fsp3) is 0.600. The molecule has 0 saturated carbocycles. The van der Waals surface area contributed by atoms with Crippen LogP contribution in [0.2, 0.25) is 0 Å². The van der Waals surface area contributed by atoms with Crippen LogP contribution in [0.4, 0.5) is 0 Å². The van der Waals surface area contributed by atoms with Crippen LogP contribution in [0.3, 0.4) is 0 Å². The van der Waals surface area contributed by atoms with Gasteiger partial charge in [0, 0.05) is 24.3 Å². The molecule has 1 atom stereocenters. The lowest BCUT2D eigenvalue weighted by molar-refractivity contribution is 0.392. The quantitative estimate of drug-likeness (QED) is 0.840. The van der Waals surface area contributed by atoms with Crippen LogP contribution < -0.4 is 0 Å². The summed E-state index contributed by atoms with van der Waals surface area (Å²) in [7, 11) is -3.20. The minimum atomic E-state index is -3.20. The smallest absolute Gasteiger partial charge is 0.215 e. The molecule has 16 heavy (non-hydrogen) atoms. The number of alkyl halides is 1. The van der Waals surface area contributed by atoms with Gasteiger partial charge >= 0.3 is 0 Å². The van der Waals surface area contributed by atoms with E-state index in [0.717, 1.165) is 18.5 Å². The summed E-state index contributed by atoms with van der Waals surface area (Å²) >= 11 is 5.52. The third kappa shape index (κ3) is 2.26. The van der Waals surface area contributed by atoms with Crippen LogP contribution in [0.5, 0.6) is 0 Å². The molecule has 0 spiro atoms. The molecule has 0 amide bonds. The van der Waals surface area contributed by atoms with Gasteiger partial charge in [-0.2, -0.15) is 4.31 Å². The molecule has 1 unspecified atom stereocenters. The van der Waals surface area contributed by atoms with Crippen LogP contribution in [0.15, 0.2) is 18.3 Å². The minimum Gasteiger partial charge on any atom is -0.364 e. The highest BCUT2D eigenvalue weighted by molar-refractivity contribution is 7.89. The molecule has 1 fully saturated rings. The van der Waals surface area contributed by atoms with Crippen LogP contribution in [-0.2, 0) is 10.0 Å². The topological polar surface area (TPSA) is 53.2 Å². The highest BCUT2D eigenvalue weighted by Crippen LogP contribution is 2.33. The van der Waals surface area contributed by atoms with Gasteiger partial charge in [-0.3, -0.25) is 0 Å². The molecule has 1 aromatic heterocycles. The van der Waals surface area contributed by atoms with Crippen molar-refractivity contribution in [2.24, 2.45) is 0 Å². The van der Waals surface area contributed by atoms with Crippen molar-refractivity contribution in [3.8, 4) is 0 Å². The van der Waals surface area contributed by atoms with Crippen molar-refractivity contribution in [2.45, 2.75) is 18.9 Å². The van der Waals surface area contributed by atoms with Crippen LogP contribution in [0.1, 0.15) is 24.6 Å². The van der Waals surface area contributed by atoms with E-state index in [9.17, 15) is 8.42 Å². The lowest BCUT2D eigenvalue weighted by Crippen LogP contribution is -2.33. The summed E-state index contributed by atoms with van der Waals surface area (Å²) in [5.74, 6) is 0.169. The summed E-state index contributed by atoms with van der Waals surface area (Å²) < 4.78 is 25.5. The zero-order valence-electron chi connectivity index (χ0n) is 8.89. The van der Waals surface area contributed by atoms with Gasteiger partial charge in [-0.05, 0) is 25.0 Å². The maximum absolute atomic E-state index is 12.0. The predicted octanol–water partition coefficient (Wildman–Crippen LogP) is 1.72. The Labute approximate surface area is 101 Å². The van der Waals surface area contributed by atoms with E-state index in [0.29, 0.717) is 6.54 Å². The van der Waals surface area contributed by atoms with Gasteiger partial charge in [0.1, 0.15) is 0 Å². The average molecular weight is 263 g/mol. The van der Waals surface area contributed by atoms with Crippen molar-refractivity contribution in [3.63, 3.8) is 0 Å². The van der Waals surface area contributed by atoms with Crippen LogP contribution in [0.25, 0.3) is 0 Å². The predicted molar refractivity (Wildman–Crippen MR) is 64.0 cm³/mol. The van der Waals surface area contributed by atoms with E-state index in [1.54, 1.807) is 4.31 Å². The number of nitrogens with zero attached hydrogens (tertiary/aromatic N) is 1. The Hall–Kier alpha value is -0.520. The van der Waals surface area contributed by atoms with E-state index in [2.05, 4.69) is 4.98 Å². The Kier molecular flexibility index (Phi) is 3.56. The number of hydrogen-bond donors (Lipinski definition) is 1. The second-order valence-corrected chi connectivity index (χ2v) is 6.32. The Morgan fingerprint density at radius 3 is 3.00 bits per heavy atom. The molecule has 0 radical (unpaired) electrons. The molecule has 2 heterocycles. The van der Waals surface area contributed by atoms with Crippen molar-refractivity contribution in [1.82, 2.24) is 9.29 Å². The summed E-state index contributed by atoms with van der Waals surface area (Å²) in [5.41, 5.74) is 0.968. The first-order valence-electron chi connectivity index (χ1n) is 5.34. The Morgan fingerprint density at radius 1 is 1.56 bits per heavy atom. The summed E-state index contributed by atoms with van der Waals surface area (Å²) in [6.45, 7) is 0.600. The van der Waals surface area contributed by atoms with Crippen molar-refractivity contribution >= 4 is 21.6 Å². The van der Waals surface area contributed by atoms with Gasteiger partial charge in [0.05, 0.1) is 11.8 Å². The van der Waals surface area contributed by atoms with Crippen molar-refractivity contribution < 1.29 is 8.42 Å². The van der Waals surface area contributed by atoms with Crippen LogP contribution >= 0.6 is 11.6 Å². The lowest BCUT2D eigenvalue weighted by atomic mass is 10.2. The number of halogens is 1. The van der Waals surface area contributed by atoms with Gasteiger partial charge in [-0.1, -0.05) is 0 Å². The number of aromatic amines is 1. The second kappa shape index (κ2) is 4.77. The number of nitrogens with one attached hydrogen (secondary N) is 1. The number of aromatic nitrogens is 1. The first-order chi connectivity index (χ1) is 7.65. The summed E-state index contributed by atoms with van der Waals surface area (Å²) in [4.78, 5) is 3.08. The molecule has 0 aromatic carbocycles. The monoisotopic (exact) mass is 262 g/mol. The van der Waals surface area contributed by atoms with Gasteiger partial charge in [0.25, 0.3) is 0 Å². The van der Waals surface area contributed by atoms with Crippen molar-refractivity contribution in [3.05, 3.63) is 24.0 Å². The molecule has 6 heteroatoms. The van der Waals surface area contributed by atoms with Crippen molar-refractivity contribution in [2.75, 3.05) is 18.2 Å². The molecule has 1 aromatic rings. The Morgan fingerprint density at radius 2 is 2.38 bits per heavy atom. The Balaban J connectivity index is 2.22. The molecule has 2 rings (SSSR count). The van der Waals surface area contributed by atoms with E-state index in [-0.39, 0.29) is 17.7 Å². The maximum atomic E-state index is 12.0. The molecular formula is C10H15ClN2O2S. The van der Waals surface area contributed by atoms with Gasteiger partial charge in [-0.15, -0.1) is 11.6 Å². The molecule has 1 N–H and O–H groups in total. The maximum Gasteiger partial charge on any atom is 0.215 e. The normalized spacial score (nSPS) is 22.7. The molecule has 1 saturated heterocycles. The minimum absolute atomic E-state index is 0.0196. The largest absolute Gasteiger partial charge is 0.364 e. The highest BCUT2D eigenvalue weighted by Gasteiger charge is 2.34. The number of hydrogen-bond acceptors (Lipinski definition) is 2. The standard InChI is InChI=1S/C10H15ClN2O2S/c11-5-8-16(14,15)13-7-2-4-10(13)9-3-1-6-12-9/h1,3,6,10,12H,2,4-5,7-8H2. The molecule has 0 bridgehead atoms. The third-order valence-electron chi connectivity index (χ3n) is 2.88. The number of sulfonamides is 1. The molecule has 1 aliphatic rings. The number of rotatable bonds is 4. The second-order valence-electron chi connectivity index (χ2n) is 3.90. The van der Waals surface area contributed by atoms with Gasteiger partial charge in [0.15, 0.2) is 0 Å². The first kappa shape index (κ1) is 12.0. The van der Waals surface area contributed by atoms with Gasteiger partial charge in [-0.25, -0.2) is 8.42 Å².